The Kier molecular flexibility index (Phi) is 2.95. The molecule has 0 bridgehead atoms. The van der Waals surface area contributed by atoms with Crippen molar-refractivity contribution in [2.45, 2.75) is 20.3 Å². The lowest BCUT2D eigenvalue weighted by atomic mass is 10.1. The second-order valence-electron chi connectivity index (χ2n) is 3.77. The molecule has 0 saturated carbocycles. The smallest absolute Gasteiger partial charge is 0.294 e. The highest BCUT2D eigenvalue weighted by Gasteiger charge is 2.08. The van der Waals surface area contributed by atoms with Gasteiger partial charge in [-0.1, -0.05) is 31.2 Å². The minimum Gasteiger partial charge on any atom is -0.468 e. The van der Waals surface area contributed by atoms with Gasteiger partial charge in [0.2, 0.25) is 0 Å². The standard InChI is InChI=1S/C13H16N2O/c1-4-10-5-7-11(8-6-10)12-9(2)14-13(15-12)16-3/h5-8H,4H2,1-3H3,(H,14,15). The first-order valence-corrected chi connectivity index (χ1v) is 5.44. The van der Waals surface area contributed by atoms with E-state index in [4.69, 9.17) is 4.74 Å². The molecule has 0 fully saturated rings. The first-order chi connectivity index (χ1) is 7.74. The Bertz CT molecular complexity index is 471. The number of aromatic nitrogens is 2. The van der Waals surface area contributed by atoms with E-state index in [0.717, 1.165) is 23.4 Å². The first kappa shape index (κ1) is 10.7. The van der Waals surface area contributed by atoms with Crippen molar-refractivity contribution < 1.29 is 4.74 Å². The Morgan fingerprint density at radius 3 is 2.44 bits per heavy atom. The van der Waals surface area contributed by atoms with Crippen LogP contribution in [0.3, 0.4) is 0 Å². The fourth-order valence-corrected chi connectivity index (χ4v) is 1.71. The van der Waals surface area contributed by atoms with Gasteiger partial charge in [0, 0.05) is 11.3 Å². The zero-order chi connectivity index (χ0) is 11.5. The number of hydrogen-bond acceptors (Lipinski definition) is 2. The molecule has 0 unspecified atom stereocenters. The molecule has 2 rings (SSSR count). The van der Waals surface area contributed by atoms with E-state index in [9.17, 15) is 0 Å². The van der Waals surface area contributed by atoms with Crippen LogP contribution in [0.5, 0.6) is 6.01 Å². The summed E-state index contributed by atoms with van der Waals surface area (Å²) in [6.45, 7) is 4.15. The number of aryl methyl sites for hydroxylation is 2. The van der Waals surface area contributed by atoms with Crippen LogP contribution in [0.15, 0.2) is 24.3 Å². The molecule has 0 aliphatic carbocycles. The zero-order valence-corrected chi connectivity index (χ0v) is 9.87. The highest BCUT2D eigenvalue weighted by atomic mass is 16.5. The van der Waals surface area contributed by atoms with Gasteiger partial charge in [-0.3, -0.25) is 0 Å². The molecule has 0 aliphatic rings. The second kappa shape index (κ2) is 4.39. The quantitative estimate of drug-likeness (QED) is 0.856. The van der Waals surface area contributed by atoms with E-state index in [2.05, 4.69) is 41.2 Å². The number of ether oxygens (including phenoxy) is 1. The molecule has 0 aliphatic heterocycles. The lowest BCUT2D eigenvalue weighted by Crippen LogP contribution is -1.84. The molecule has 3 nitrogen and oxygen atoms in total. The second-order valence-corrected chi connectivity index (χ2v) is 3.77. The number of rotatable bonds is 3. The predicted molar refractivity (Wildman–Crippen MR) is 64.7 cm³/mol. The van der Waals surface area contributed by atoms with Crippen molar-refractivity contribution in [1.82, 2.24) is 9.97 Å². The van der Waals surface area contributed by atoms with Crippen molar-refractivity contribution >= 4 is 0 Å². The molecule has 0 amide bonds. The zero-order valence-electron chi connectivity index (χ0n) is 9.87. The third kappa shape index (κ3) is 1.94. The van der Waals surface area contributed by atoms with Gasteiger partial charge in [-0.15, -0.1) is 0 Å². The minimum atomic E-state index is 0.562. The van der Waals surface area contributed by atoms with Crippen LogP contribution in [-0.2, 0) is 6.42 Å². The Morgan fingerprint density at radius 1 is 1.25 bits per heavy atom. The summed E-state index contributed by atoms with van der Waals surface area (Å²) in [5.74, 6) is 0. The maximum atomic E-state index is 5.08. The Hall–Kier alpha value is -1.77. The molecule has 0 atom stereocenters. The van der Waals surface area contributed by atoms with Gasteiger partial charge in [0.15, 0.2) is 0 Å². The fraction of sp³-hybridized carbons (Fsp3) is 0.308. The average Bonchev–Trinajstić information content (AvgIpc) is 2.71. The third-order valence-electron chi connectivity index (χ3n) is 2.69. The molecule has 0 spiro atoms. The minimum absolute atomic E-state index is 0.562. The highest BCUT2D eigenvalue weighted by Crippen LogP contribution is 2.23. The van der Waals surface area contributed by atoms with Crippen molar-refractivity contribution in [3.63, 3.8) is 0 Å². The number of nitrogens with one attached hydrogen (secondary N) is 1. The summed E-state index contributed by atoms with van der Waals surface area (Å²) in [6.07, 6.45) is 1.06. The van der Waals surface area contributed by atoms with Crippen LogP contribution < -0.4 is 4.74 Å². The summed E-state index contributed by atoms with van der Waals surface area (Å²) in [7, 11) is 1.61. The van der Waals surface area contributed by atoms with E-state index < -0.39 is 0 Å². The summed E-state index contributed by atoms with van der Waals surface area (Å²) in [5.41, 5.74) is 4.44. The normalized spacial score (nSPS) is 10.4. The number of imidazole rings is 1. The van der Waals surface area contributed by atoms with Crippen LogP contribution in [-0.4, -0.2) is 17.1 Å². The molecular weight excluding hydrogens is 200 g/mol. The van der Waals surface area contributed by atoms with Crippen LogP contribution in [0.1, 0.15) is 18.2 Å². The Balaban J connectivity index is 2.38. The molecule has 1 N–H and O–H groups in total. The monoisotopic (exact) mass is 216 g/mol. The van der Waals surface area contributed by atoms with Gasteiger partial charge in [0.25, 0.3) is 6.01 Å². The van der Waals surface area contributed by atoms with E-state index in [-0.39, 0.29) is 0 Å². The number of benzene rings is 1. The molecular formula is C13H16N2O. The fourth-order valence-electron chi connectivity index (χ4n) is 1.71. The maximum Gasteiger partial charge on any atom is 0.294 e. The number of nitrogens with zero attached hydrogens (tertiary/aromatic N) is 1. The van der Waals surface area contributed by atoms with Gasteiger partial charge in [-0.25, -0.2) is 0 Å². The number of H-pyrrole nitrogens is 1. The van der Waals surface area contributed by atoms with E-state index in [0.29, 0.717) is 6.01 Å². The number of aromatic amines is 1. The summed E-state index contributed by atoms with van der Waals surface area (Å²) >= 11 is 0. The molecule has 84 valence electrons. The molecule has 0 saturated heterocycles. The topological polar surface area (TPSA) is 37.9 Å². The van der Waals surface area contributed by atoms with E-state index in [1.165, 1.54) is 5.56 Å². The molecule has 1 aromatic carbocycles. The van der Waals surface area contributed by atoms with Crippen molar-refractivity contribution in [2.75, 3.05) is 7.11 Å². The van der Waals surface area contributed by atoms with Crippen LogP contribution in [0, 0.1) is 6.92 Å². The van der Waals surface area contributed by atoms with Crippen molar-refractivity contribution in [3.05, 3.63) is 35.5 Å². The number of hydrogen-bond donors (Lipinski definition) is 1. The van der Waals surface area contributed by atoms with E-state index >= 15 is 0 Å². The van der Waals surface area contributed by atoms with Gasteiger partial charge in [-0.05, 0) is 18.9 Å². The Labute approximate surface area is 95.5 Å². The summed E-state index contributed by atoms with van der Waals surface area (Å²) in [4.78, 5) is 7.46. The molecule has 1 heterocycles. The van der Waals surface area contributed by atoms with Crippen molar-refractivity contribution in [3.8, 4) is 17.3 Å². The summed E-state index contributed by atoms with van der Waals surface area (Å²) in [6, 6.07) is 9.03. The maximum absolute atomic E-state index is 5.08. The van der Waals surface area contributed by atoms with Gasteiger partial charge >= 0.3 is 0 Å². The predicted octanol–water partition coefficient (Wildman–Crippen LogP) is 2.96. The van der Waals surface area contributed by atoms with Gasteiger partial charge in [0.1, 0.15) is 0 Å². The lowest BCUT2D eigenvalue weighted by Gasteiger charge is -2.00. The molecule has 1 aromatic heterocycles. The average molecular weight is 216 g/mol. The van der Waals surface area contributed by atoms with Gasteiger partial charge < -0.3 is 9.72 Å². The van der Waals surface area contributed by atoms with E-state index in [1.54, 1.807) is 7.11 Å². The van der Waals surface area contributed by atoms with Crippen LogP contribution in [0.25, 0.3) is 11.3 Å². The lowest BCUT2D eigenvalue weighted by molar-refractivity contribution is 0.384. The van der Waals surface area contributed by atoms with Crippen LogP contribution in [0.2, 0.25) is 0 Å². The SMILES string of the molecule is CCc1ccc(-c2nc(OC)[nH]c2C)cc1. The van der Waals surface area contributed by atoms with Crippen LogP contribution >= 0.6 is 0 Å². The van der Waals surface area contributed by atoms with Crippen LogP contribution in [0.4, 0.5) is 0 Å². The van der Waals surface area contributed by atoms with Gasteiger partial charge in [0.05, 0.1) is 12.8 Å². The third-order valence-corrected chi connectivity index (χ3v) is 2.69. The van der Waals surface area contributed by atoms with Gasteiger partial charge in [-0.2, -0.15) is 4.98 Å². The molecule has 16 heavy (non-hydrogen) atoms. The van der Waals surface area contributed by atoms with Crippen molar-refractivity contribution in [1.29, 1.82) is 0 Å². The number of methoxy groups -OCH3 is 1. The van der Waals surface area contributed by atoms with E-state index in [1.807, 2.05) is 6.92 Å². The largest absolute Gasteiger partial charge is 0.468 e. The summed E-state index contributed by atoms with van der Waals surface area (Å²) in [5, 5.41) is 0. The highest BCUT2D eigenvalue weighted by molar-refractivity contribution is 5.62. The first-order valence-electron chi connectivity index (χ1n) is 5.44. The molecule has 2 aromatic rings. The summed E-state index contributed by atoms with van der Waals surface area (Å²) < 4.78 is 5.08. The van der Waals surface area contributed by atoms with Crippen molar-refractivity contribution in [2.24, 2.45) is 0 Å². The molecule has 3 heteroatoms. The Morgan fingerprint density at radius 2 is 1.94 bits per heavy atom. The molecule has 0 radical (unpaired) electrons.